The van der Waals surface area contributed by atoms with E-state index in [1.807, 2.05) is 34.5 Å². The number of hydrogen-bond donors (Lipinski definition) is 0. The van der Waals surface area contributed by atoms with Gasteiger partial charge in [0.2, 0.25) is 0 Å². The Hall–Kier alpha value is -2.25. The van der Waals surface area contributed by atoms with Crippen LogP contribution in [0.2, 0.25) is 0 Å². The van der Waals surface area contributed by atoms with Crippen LogP contribution in [0.15, 0.2) is 35.8 Å². The van der Waals surface area contributed by atoms with E-state index in [4.69, 9.17) is 0 Å². The van der Waals surface area contributed by atoms with Crippen molar-refractivity contribution in [3.8, 4) is 0 Å². The van der Waals surface area contributed by atoms with E-state index in [9.17, 15) is 9.59 Å². The fraction of sp³-hybridized carbons (Fsp3) is 0.350. The molecule has 0 aromatic carbocycles. The molecule has 0 radical (unpaired) electrons. The molecule has 27 heavy (non-hydrogen) atoms. The first-order valence-corrected chi connectivity index (χ1v) is 10.7. The third kappa shape index (κ3) is 3.37. The third-order valence-corrected chi connectivity index (χ3v) is 6.93. The molecule has 1 fully saturated rings. The quantitative estimate of drug-likeness (QED) is 0.667. The lowest BCUT2D eigenvalue weighted by molar-refractivity contribution is 0.0712. The van der Waals surface area contributed by atoms with Crippen molar-refractivity contribution in [1.29, 1.82) is 0 Å². The van der Waals surface area contributed by atoms with Crippen molar-refractivity contribution in [3.05, 3.63) is 51.2 Å². The second-order valence-corrected chi connectivity index (χ2v) is 8.91. The molecule has 1 atom stereocenters. The van der Waals surface area contributed by atoms with Gasteiger partial charge in [0.1, 0.15) is 4.83 Å². The molecule has 0 bridgehead atoms. The summed E-state index contributed by atoms with van der Waals surface area (Å²) in [4.78, 5) is 36.1. The maximum atomic E-state index is 12.8. The molecule has 1 unspecified atom stereocenters. The summed E-state index contributed by atoms with van der Waals surface area (Å²) in [5.74, 6) is 0.252. The molecule has 0 N–H and O–H groups in total. The van der Waals surface area contributed by atoms with Gasteiger partial charge in [-0.1, -0.05) is 12.1 Å². The number of thiophene rings is 2. The number of fused-ring (bicyclic) bond motifs is 1. The number of rotatable bonds is 3. The Balaban J connectivity index is 1.71. The van der Waals surface area contributed by atoms with Crippen LogP contribution in [0.25, 0.3) is 10.2 Å². The van der Waals surface area contributed by atoms with E-state index in [0.29, 0.717) is 6.54 Å². The fourth-order valence-corrected chi connectivity index (χ4v) is 5.61. The number of carbonyl (C=O) groups excluding carboxylic acids is 2. The summed E-state index contributed by atoms with van der Waals surface area (Å²) in [6, 6.07) is 7.74. The Morgan fingerprint density at radius 1 is 1.26 bits per heavy atom. The lowest BCUT2D eigenvalue weighted by atomic mass is 9.88. The second-order valence-electron chi connectivity index (χ2n) is 6.97. The summed E-state index contributed by atoms with van der Waals surface area (Å²) < 4.78 is 0. The zero-order valence-corrected chi connectivity index (χ0v) is 17.0. The number of piperidine rings is 1. The van der Waals surface area contributed by atoms with Crippen molar-refractivity contribution in [2.75, 3.05) is 27.2 Å². The molecule has 4 heterocycles. The van der Waals surface area contributed by atoms with Crippen molar-refractivity contribution < 1.29 is 9.59 Å². The number of hydrogen-bond acceptors (Lipinski definition) is 5. The van der Waals surface area contributed by atoms with Crippen molar-refractivity contribution in [1.82, 2.24) is 14.8 Å². The smallest absolute Gasteiger partial charge is 0.263 e. The molecule has 140 valence electrons. The molecule has 3 aromatic rings. The predicted molar refractivity (Wildman–Crippen MR) is 110 cm³/mol. The van der Waals surface area contributed by atoms with Crippen molar-refractivity contribution >= 4 is 44.7 Å². The van der Waals surface area contributed by atoms with E-state index >= 15 is 0 Å². The lowest BCUT2D eigenvalue weighted by Gasteiger charge is -2.33. The van der Waals surface area contributed by atoms with Crippen LogP contribution < -0.4 is 0 Å². The van der Waals surface area contributed by atoms with Gasteiger partial charge in [-0.25, -0.2) is 4.98 Å². The van der Waals surface area contributed by atoms with E-state index in [2.05, 4.69) is 4.98 Å². The van der Waals surface area contributed by atoms with Gasteiger partial charge in [0.25, 0.3) is 11.8 Å². The van der Waals surface area contributed by atoms with Crippen LogP contribution in [-0.4, -0.2) is 53.8 Å². The normalized spacial score (nSPS) is 17.3. The number of carbonyl (C=O) groups is 2. The monoisotopic (exact) mass is 399 g/mol. The summed E-state index contributed by atoms with van der Waals surface area (Å²) in [6.07, 6.45) is 3.68. The average Bonchev–Trinajstić information content (AvgIpc) is 3.34. The minimum absolute atomic E-state index is 0.00899. The van der Waals surface area contributed by atoms with Crippen LogP contribution in [0, 0.1) is 0 Å². The van der Waals surface area contributed by atoms with Gasteiger partial charge in [0.05, 0.1) is 9.75 Å². The van der Waals surface area contributed by atoms with Gasteiger partial charge in [-0.3, -0.25) is 9.59 Å². The first kappa shape index (κ1) is 18.1. The highest BCUT2D eigenvalue weighted by atomic mass is 32.1. The largest absolute Gasteiger partial charge is 0.344 e. The number of aromatic nitrogens is 1. The van der Waals surface area contributed by atoms with Crippen LogP contribution in [0.5, 0.6) is 0 Å². The molecule has 2 amide bonds. The Morgan fingerprint density at radius 2 is 2.11 bits per heavy atom. The number of likely N-dealkylation sites (tertiary alicyclic amines) is 1. The standard InChI is InChI=1S/C20H21N3O2S2/c1-22(2)20(25)17-16(14-7-3-9-21-18(14)27-17)13-6-4-10-23(12-13)19(24)15-8-5-11-26-15/h3,5,7-9,11,13H,4,6,10,12H2,1-2H3. The van der Waals surface area contributed by atoms with E-state index in [1.165, 1.54) is 22.7 Å². The van der Waals surface area contributed by atoms with Gasteiger partial charge < -0.3 is 9.80 Å². The van der Waals surface area contributed by atoms with Gasteiger partial charge in [-0.05, 0) is 35.9 Å². The molecular formula is C20H21N3O2S2. The zero-order valence-electron chi connectivity index (χ0n) is 15.3. The zero-order chi connectivity index (χ0) is 19.0. The fourth-order valence-electron chi connectivity index (χ4n) is 3.67. The van der Waals surface area contributed by atoms with Crippen molar-refractivity contribution in [3.63, 3.8) is 0 Å². The van der Waals surface area contributed by atoms with E-state index in [-0.39, 0.29) is 17.7 Å². The van der Waals surface area contributed by atoms with E-state index < -0.39 is 0 Å². The minimum Gasteiger partial charge on any atom is -0.344 e. The summed E-state index contributed by atoms with van der Waals surface area (Å²) in [5.41, 5.74) is 1.06. The van der Waals surface area contributed by atoms with Crippen LogP contribution in [0.4, 0.5) is 0 Å². The molecule has 0 spiro atoms. The summed E-state index contributed by atoms with van der Waals surface area (Å²) in [6.45, 7) is 1.41. The first-order valence-electron chi connectivity index (χ1n) is 8.98. The molecule has 3 aromatic heterocycles. The van der Waals surface area contributed by atoms with Crippen LogP contribution in [0.1, 0.15) is 43.7 Å². The van der Waals surface area contributed by atoms with E-state index in [0.717, 1.165) is 44.9 Å². The summed E-state index contributed by atoms with van der Waals surface area (Å²) in [5, 5.41) is 2.98. The molecule has 0 saturated carbocycles. The number of nitrogens with zero attached hydrogens (tertiary/aromatic N) is 3. The van der Waals surface area contributed by atoms with Crippen LogP contribution in [0.3, 0.4) is 0 Å². The molecule has 7 heteroatoms. The number of pyridine rings is 1. The Bertz CT molecular complexity index is 978. The summed E-state index contributed by atoms with van der Waals surface area (Å²) in [7, 11) is 3.55. The number of amides is 2. The highest BCUT2D eigenvalue weighted by molar-refractivity contribution is 7.20. The first-order chi connectivity index (χ1) is 13.1. The maximum absolute atomic E-state index is 12.8. The topological polar surface area (TPSA) is 53.5 Å². The summed E-state index contributed by atoms with van der Waals surface area (Å²) >= 11 is 2.94. The molecule has 0 aliphatic carbocycles. The molecule has 1 aliphatic rings. The highest BCUT2D eigenvalue weighted by Crippen LogP contribution is 2.39. The Morgan fingerprint density at radius 3 is 2.85 bits per heavy atom. The van der Waals surface area contributed by atoms with Gasteiger partial charge in [-0.15, -0.1) is 22.7 Å². The molecule has 1 aliphatic heterocycles. The molecule has 1 saturated heterocycles. The SMILES string of the molecule is CN(C)C(=O)c1sc2ncccc2c1C1CCCN(C(=O)c2cccs2)C1. The van der Waals surface area contributed by atoms with Crippen LogP contribution in [-0.2, 0) is 0 Å². The average molecular weight is 400 g/mol. The lowest BCUT2D eigenvalue weighted by Crippen LogP contribution is -2.39. The van der Waals surface area contributed by atoms with Gasteiger partial charge in [0.15, 0.2) is 0 Å². The highest BCUT2D eigenvalue weighted by Gasteiger charge is 2.31. The molecule has 5 nitrogen and oxygen atoms in total. The minimum atomic E-state index is 0.00899. The van der Waals surface area contributed by atoms with Gasteiger partial charge in [-0.2, -0.15) is 0 Å². The molecular weight excluding hydrogens is 378 g/mol. The second kappa shape index (κ2) is 7.40. The Kier molecular flexibility index (Phi) is 4.97. The molecule has 4 rings (SSSR count). The van der Waals surface area contributed by atoms with Crippen LogP contribution >= 0.6 is 22.7 Å². The maximum Gasteiger partial charge on any atom is 0.263 e. The van der Waals surface area contributed by atoms with E-state index in [1.54, 1.807) is 25.2 Å². The van der Waals surface area contributed by atoms with Crippen molar-refractivity contribution in [2.24, 2.45) is 0 Å². The van der Waals surface area contributed by atoms with Gasteiger partial charge in [0, 0.05) is 44.7 Å². The Labute approximate surface area is 166 Å². The third-order valence-electron chi connectivity index (χ3n) is 4.95. The predicted octanol–water partition coefficient (Wildman–Crippen LogP) is 4.08. The van der Waals surface area contributed by atoms with Crippen molar-refractivity contribution in [2.45, 2.75) is 18.8 Å². The van der Waals surface area contributed by atoms with Gasteiger partial charge >= 0.3 is 0 Å².